The molecule has 0 aromatic heterocycles. The molecule has 0 aliphatic rings. The van der Waals surface area contributed by atoms with Crippen LogP contribution in [-0.2, 0) is 22.6 Å². The zero-order valence-electron chi connectivity index (χ0n) is 38.1. The van der Waals surface area contributed by atoms with Crippen LogP contribution in [-0.4, -0.2) is 14.9 Å². The Bertz CT molecular complexity index is 999. The molecule has 0 bridgehead atoms. The van der Waals surface area contributed by atoms with E-state index in [1.165, 1.54) is 167 Å². The quantitative estimate of drug-likeness (QED) is 0.0454. The number of hydrogen-bond donors (Lipinski definition) is 3. The van der Waals surface area contributed by atoms with E-state index in [9.17, 15) is 19.5 Å². The van der Waals surface area contributed by atoms with Gasteiger partial charge in [0.15, 0.2) is 0 Å². The minimum atomic E-state index is -4.50. The van der Waals surface area contributed by atoms with Gasteiger partial charge in [0.25, 0.3) is 0 Å². The van der Waals surface area contributed by atoms with Crippen LogP contribution in [0.4, 0.5) is 0 Å². The van der Waals surface area contributed by atoms with Crippen molar-refractivity contribution in [2.45, 2.75) is 290 Å². The lowest BCUT2D eigenvalue weighted by atomic mass is 9.84. The number of phenolic OH excluding ortho intramolecular Hbond substituents is 1. The Labute approximate surface area is 350 Å². The number of aromatic hydroxyl groups is 1. The fourth-order valence-corrected chi connectivity index (χ4v) is 10.3. The molecule has 0 spiro atoms. The summed E-state index contributed by atoms with van der Waals surface area (Å²) in [7, 11) is -4.50. The van der Waals surface area contributed by atoms with Gasteiger partial charge in [-0.15, -0.1) is 0 Å². The molecule has 0 saturated heterocycles. The monoisotopic (exact) mass is 805 g/mol. The SMILES string of the molecule is CCCCCCCCCCCCCCCCCCC(CCCCCCCCCCCCCCCCCC)(c1cc(CCCC)c(O)c(CCCC)c1)P(=O)(O)O. The molecule has 0 fully saturated rings. The lowest BCUT2D eigenvalue weighted by Gasteiger charge is -2.36. The van der Waals surface area contributed by atoms with E-state index in [1.54, 1.807) is 0 Å². The normalized spacial score (nSPS) is 12.2. The Morgan fingerprint density at radius 3 is 0.857 bits per heavy atom. The number of phenols is 1. The van der Waals surface area contributed by atoms with Crippen molar-refractivity contribution in [2.24, 2.45) is 0 Å². The molecule has 0 heterocycles. The number of benzene rings is 1. The van der Waals surface area contributed by atoms with E-state index in [0.29, 0.717) is 18.6 Å². The van der Waals surface area contributed by atoms with E-state index in [1.807, 2.05) is 12.1 Å². The van der Waals surface area contributed by atoms with Crippen molar-refractivity contribution in [3.8, 4) is 5.75 Å². The van der Waals surface area contributed by atoms with Gasteiger partial charge >= 0.3 is 7.60 Å². The molecule has 1 aromatic rings. The van der Waals surface area contributed by atoms with E-state index in [4.69, 9.17) is 0 Å². The standard InChI is InChI=1S/C51H97O4P/c1-5-9-13-15-17-19-21-23-25-27-29-31-33-35-37-39-43-51(56(53,54)55,49-45-47(41-11-7-3)50(52)48(46-49)42-12-8-4)44-40-38-36-34-32-30-28-26-24-22-20-18-16-14-10-6-2/h45-46,52H,5-44H2,1-4H3,(H2,53,54,55). The van der Waals surface area contributed by atoms with Gasteiger partial charge in [-0.25, -0.2) is 0 Å². The summed E-state index contributed by atoms with van der Waals surface area (Å²) in [5.74, 6) is 0.361. The third-order valence-electron chi connectivity index (χ3n) is 12.8. The fourth-order valence-electron chi connectivity index (χ4n) is 8.95. The van der Waals surface area contributed by atoms with E-state index >= 15 is 0 Å². The van der Waals surface area contributed by atoms with Gasteiger partial charge in [-0.3, -0.25) is 4.57 Å². The molecule has 1 aromatic carbocycles. The second kappa shape index (κ2) is 36.1. The van der Waals surface area contributed by atoms with Crippen LogP contribution in [0.1, 0.15) is 288 Å². The Kier molecular flexibility index (Phi) is 34.2. The molecule has 0 unspecified atom stereocenters. The Morgan fingerprint density at radius 2 is 0.625 bits per heavy atom. The number of aryl methyl sites for hydroxylation is 2. The van der Waals surface area contributed by atoms with Crippen molar-refractivity contribution >= 4 is 7.60 Å². The lowest BCUT2D eigenvalue weighted by Crippen LogP contribution is -2.27. The Balaban J connectivity index is 2.72. The predicted molar refractivity (Wildman–Crippen MR) is 247 cm³/mol. The molecule has 4 nitrogen and oxygen atoms in total. The van der Waals surface area contributed by atoms with Gasteiger partial charge in [0.1, 0.15) is 5.75 Å². The predicted octanol–water partition coefficient (Wildman–Crippen LogP) is 17.8. The largest absolute Gasteiger partial charge is 0.507 e. The van der Waals surface area contributed by atoms with Crippen LogP contribution in [0.5, 0.6) is 5.75 Å². The summed E-state index contributed by atoms with van der Waals surface area (Å²) in [6.07, 6.45) is 47.9. The van der Waals surface area contributed by atoms with Gasteiger partial charge in [0.2, 0.25) is 0 Å². The molecule has 0 saturated carbocycles. The summed E-state index contributed by atoms with van der Waals surface area (Å²) in [6.45, 7) is 8.89. The van der Waals surface area contributed by atoms with Crippen molar-refractivity contribution in [1.29, 1.82) is 0 Å². The summed E-state index contributed by atoms with van der Waals surface area (Å²) in [6, 6.07) is 4.00. The van der Waals surface area contributed by atoms with Gasteiger partial charge in [0.05, 0.1) is 5.16 Å². The van der Waals surface area contributed by atoms with E-state index in [2.05, 4.69) is 27.7 Å². The maximum absolute atomic E-state index is 13.8. The van der Waals surface area contributed by atoms with E-state index < -0.39 is 12.8 Å². The summed E-state index contributed by atoms with van der Waals surface area (Å²) in [5, 5.41) is 10.1. The van der Waals surface area contributed by atoms with E-state index in [-0.39, 0.29) is 0 Å². The highest BCUT2D eigenvalue weighted by Crippen LogP contribution is 2.63. The van der Waals surface area contributed by atoms with Crippen LogP contribution in [0.3, 0.4) is 0 Å². The molecule has 0 amide bonds. The third kappa shape index (κ3) is 24.9. The minimum Gasteiger partial charge on any atom is -0.507 e. The highest BCUT2D eigenvalue weighted by Gasteiger charge is 2.47. The highest BCUT2D eigenvalue weighted by molar-refractivity contribution is 7.53. The summed E-state index contributed by atoms with van der Waals surface area (Å²) < 4.78 is 13.8. The van der Waals surface area contributed by atoms with E-state index in [0.717, 1.165) is 93.7 Å². The average Bonchev–Trinajstić information content (AvgIpc) is 3.18. The molecular weight excluding hydrogens is 708 g/mol. The van der Waals surface area contributed by atoms with Gasteiger partial charge < -0.3 is 14.9 Å². The Morgan fingerprint density at radius 1 is 0.393 bits per heavy atom. The molecule has 5 heteroatoms. The molecule has 0 radical (unpaired) electrons. The second-order valence-electron chi connectivity index (χ2n) is 18.0. The van der Waals surface area contributed by atoms with Crippen molar-refractivity contribution in [2.75, 3.05) is 0 Å². The van der Waals surface area contributed by atoms with Crippen LogP contribution in [0, 0.1) is 0 Å². The van der Waals surface area contributed by atoms with Gasteiger partial charge in [-0.2, -0.15) is 0 Å². The fraction of sp³-hybridized carbons (Fsp3) is 0.882. The first kappa shape index (κ1) is 53.2. The van der Waals surface area contributed by atoms with Crippen molar-refractivity contribution in [1.82, 2.24) is 0 Å². The van der Waals surface area contributed by atoms with Crippen LogP contribution < -0.4 is 0 Å². The maximum atomic E-state index is 13.8. The second-order valence-corrected chi connectivity index (χ2v) is 20.0. The molecule has 3 N–H and O–H groups in total. The smallest absolute Gasteiger partial charge is 0.335 e. The molecule has 0 aliphatic heterocycles. The van der Waals surface area contributed by atoms with Crippen molar-refractivity contribution in [3.63, 3.8) is 0 Å². The topological polar surface area (TPSA) is 77.8 Å². The Hall–Kier alpha value is -0.830. The number of unbranched alkanes of at least 4 members (excludes halogenated alkanes) is 32. The first-order chi connectivity index (χ1) is 27.3. The van der Waals surface area contributed by atoms with Crippen molar-refractivity contribution in [3.05, 3.63) is 28.8 Å². The third-order valence-corrected chi connectivity index (χ3v) is 14.7. The zero-order valence-corrected chi connectivity index (χ0v) is 39.0. The van der Waals surface area contributed by atoms with Gasteiger partial charge in [-0.1, -0.05) is 258 Å². The molecule has 0 aliphatic carbocycles. The number of hydrogen-bond acceptors (Lipinski definition) is 2. The van der Waals surface area contributed by atoms with Crippen LogP contribution in [0.25, 0.3) is 0 Å². The number of rotatable bonds is 42. The molecule has 1 rings (SSSR count). The first-order valence-corrected chi connectivity index (χ1v) is 26.8. The summed E-state index contributed by atoms with van der Waals surface area (Å²) >= 11 is 0. The molecular formula is C51H97O4P. The van der Waals surface area contributed by atoms with Crippen LogP contribution in [0.15, 0.2) is 12.1 Å². The van der Waals surface area contributed by atoms with Crippen molar-refractivity contribution < 1.29 is 19.5 Å². The first-order valence-electron chi connectivity index (χ1n) is 25.2. The molecule has 0 atom stereocenters. The van der Waals surface area contributed by atoms with Gasteiger partial charge in [-0.05, 0) is 55.2 Å². The lowest BCUT2D eigenvalue weighted by molar-refractivity contribution is 0.297. The highest BCUT2D eigenvalue weighted by atomic mass is 31.2. The maximum Gasteiger partial charge on any atom is 0.335 e. The van der Waals surface area contributed by atoms with Crippen LogP contribution in [0.2, 0.25) is 0 Å². The molecule has 56 heavy (non-hydrogen) atoms. The molecule has 330 valence electrons. The summed E-state index contributed by atoms with van der Waals surface area (Å²) in [4.78, 5) is 22.6. The average molecular weight is 805 g/mol. The summed E-state index contributed by atoms with van der Waals surface area (Å²) in [5.41, 5.74) is 2.56. The van der Waals surface area contributed by atoms with Crippen LogP contribution >= 0.6 is 7.60 Å². The van der Waals surface area contributed by atoms with Gasteiger partial charge in [0, 0.05) is 0 Å². The zero-order chi connectivity index (χ0) is 41.0. The minimum absolute atomic E-state index is 0.361.